The molecule has 0 fully saturated rings. The van der Waals surface area contributed by atoms with E-state index < -0.39 is 12.1 Å². The lowest BCUT2D eigenvalue weighted by Crippen LogP contribution is -2.26. The minimum Gasteiger partial charge on any atom is -0.479 e. The molecule has 1 atom stereocenters. The topological polar surface area (TPSA) is 64.6 Å². The van der Waals surface area contributed by atoms with Crippen LogP contribution in [0.4, 0.5) is 5.69 Å². The van der Waals surface area contributed by atoms with Crippen molar-refractivity contribution in [3.05, 3.63) is 58.6 Å². The fourth-order valence-electron chi connectivity index (χ4n) is 2.54. The molecule has 5 nitrogen and oxygen atoms in total. The van der Waals surface area contributed by atoms with Crippen LogP contribution in [-0.4, -0.2) is 24.6 Å². The average Bonchev–Trinajstić information content (AvgIpc) is 2.67. The van der Waals surface area contributed by atoms with Crippen molar-refractivity contribution < 1.29 is 19.1 Å². The molecule has 0 spiro atoms. The van der Waals surface area contributed by atoms with Gasteiger partial charge in [0, 0.05) is 16.3 Å². The van der Waals surface area contributed by atoms with Crippen LogP contribution in [0, 0.1) is 6.92 Å². The Morgan fingerprint density at radius 1 is 1.11 bits per heavy atom. The largest absolute Gasteiger partial charge is 0.479 e. The first kappa shape index (κ1) is 21.8. The lowest BCUT2D eigenvalue weighted by atomic mass is 10.1. The van der Waals surface area contributed by atoms with Crippen LogP contribution in [0.2, 0.25) is 5.02 Å². The summed E-state index contributed by atoms with van der Waals surface area (Å²) in [6.07, 6.45) is 2.24. The molecule has 2 aromatic rings. The smallest absolute Gasteiger partial charge is 0.347 e. The number of esters is 1. The predicted molar refractivity (Wildman–Crippen MR) is 111 cm³/mol. The molecule has 0 saturated heterocycles. The lowest BCUT2D eigenvalue weighted by molar-refractivity contribution is -0.151. The molecule has 0 aliphatic carbocycles. The number of carbonyl (C=O) groups excluding carboxylic acids is 2. The first-order valence-electron chi connectivity index (χ1n) is 9.41. The van der Waals surface area contributed by atoms with E-state index >= 15 is 0 Å². The molecule has 0 aliphatic heterocycles. The van der Waals surface area contributed by atoms with Gasteiger partial charge in [-0.3, -0.25) is 4.79 Å². The van der Waals surface area contributed by atoms with E-state index in [1.165, 1.54) is 0 Å². The Hall–Kier alpha value is -2.53. The molecule has 0 aliphatic rings. The SMILES string of the molecule is CCCCCOC(=O)[C@H](C)Oc1ccc(C(=O)Nc2ccc(Cl)cc2C)cc1. The van der Waals surface area contributed by atoms with E-state index in [4.69, 9.17) is 21.1 Å². The predicted octanol–water partition coefficient (Wildman–Crippen LogP) is 5.40. The van der Waals surface area contributed by atoms with Gasteiger partial charge in [0.25, 0.3) is 5.91 Å². The van der Waals surface area contributed by atoms with Crippen LogP contribution >= 0.6 is 11.6 Å². The van der Waals surface area contributed by atoms with Gasteiger partial charge in [0.15, 0.2) is 6.10 Å². The standard InChI is InChI=1S/C22H26ClNO4/c1-4-5-6-13-27-22(26)16(3)28-19-10-7-17(8-11-19)21(25)24-20-12-9-18(23)14-15(20)2/h7-12,14,16H,4-6,13H2,1-3H3,(H,24,25)/t16-/m0/s1. The van der Waals surface area contributed by atoms with Gasteiger partial charge in [0.2, 0.25) is 0 Å². The summed E-state index contributed by atoms with van der Waals surface area (Å²) in [7, 11) is 0. The highest BCUT2D eigenvalue weighted by Gasteiger charge is 2.16. The second kappa shape index (κ2) is 10.7. The fourth-order valence-corrected chi connectivity index (χ4v) is 2.77. The first-order valence-corrected chi connectivity index (χ1v) is 9.79. The molecule has 0 bridgehead atoms. The van der Waals surface area contributed by atoms with Crippen molar-refractivity contribution in [1.29, 1.82) is 0 Å². The Morgan fingerprint density at radius 3 is 2.46 bits per heavy atom. The maximum Gasteiger partial charge on any atom is 0.347 e. The highest BCUT2D eigenvalue weighted by atomic mass is 35.5. The summed E-state index contributed by atoms with van der Waals surface area (Å²) in [6.45, 7) is 6.02. The van der Waals surface area contributed by atoms with Gasteiger partial charge in [-0.05, 0) is 68.3 Å². The molecular weight excluding hydrogens is 378 g/mol. The fraction of sp³-hybridized carbons (Fsp3) is 0.364. The molecule has 6 heteroatoms. The number of amides is 1. The summed E-state index contributed by atoms with van der Waals surface area (Å²) < 4.78 is 10.8. The molecule has 0 saturated carbocycles. The number of nitrogens with one attached hydrogen (secondary N) is 1. The van der Waals surface area contributed by atoms with E-state index in [0.29, 0.717) is 28.6 Å². The molecule has 1 N–H and O–H groups in total. The second-order valence-corrected chi connectivity index (χ2v) is 7.01. The third-order valence-electron chi connectivity index (χ3n) is 4.19. The minimum absolute atomic E-state index is 0.236. The summed E-state index contributed by atoms with van der Waals surface area (Å²) in [5.41, 5.74) is 2.07. The lowest BCUT2D eigenvalue weighted by Gasteiger charge is -2.14. The maximum absolute atomic E-state index is 12.4. The van der Waals surface area contributed by atoms with Crippen molar-refractivity contribution >= 4 is 29.2 Å². The number of aryl methyl sites for hydroxylation is 1. The molecule has 0 unspecified atom stereocenters. The van der Waals surface area contributed by atoms with E-state index in [1.54, 1.807) is 49.4 Å². The second-order valence-electron chi connectivity index (χ2n) is 6.57. The van der Waals surface area contributed by atoms with Crippen molar-refractivity contribution in [2.45, 2.75) is 46.1 Å². The molecule has 2 rings (SSSR count). The molecule has 2 aromatic carbocycles. The molecule has 28 heavy (non-hydrogen) atoms. The summed E-state index contributed by atoms with van der Waals surface area (Å²) in [5.74, 6) is -0.131. The number of unbranched alkanes of at least 4 members (excludes halogenated alkanes) is 2. The van der Waals surface area contributed by atoms with E-state index in [9.17, 15) is 9.59 Å². The average molecular weight is 404 g/mol. The van der Waals surface area contributed by atoms with E-state index in [0.717, 1.165) is 24.8 Å². The van der Waals surface area contributed by atoms with Crippen LogP contribution in [0.25, 0.3) is 0 Å². The Kier molecular flexibility index (Phi) is 8.33. The van der Waals surface area contributed by atoms with Crippen LogP contribution in [0.3, 0.4) is 0 Å². The zero-order valence-electron chi connectivity index (χ0n) is 16.5. The third kappa shape index (κ3) is 6.57. The van der Waals surface area contributed by atoms with Crippen molar-refractivity contribution in [2.75, 3.05) is 11.9 Å². The van der Waals surface area contributed by atoms with Crippen LogP contribution in [0.15, 0.2) is 42.5 Å². The van der Waals surface area contributed by atoms with Gasteiger partial charge < -0.3 is 14.8 Å². The third-order valence-corrected chi connectivity index (χ3v) is 4.43. The van der Waals surface area contributed by atoms with Crippen molar-refractivity contribution in [3.8, 4) is 5.75 Å². The van der Waals surface area contributed by atoms with E-state index in [-0.39, 0.29) is 5.91 Å². The number of ether oxygens (including phenoxy) is 2. The van der Waals surface area contributed by atoms with Crippen LogP contribution < -0.4 is 10.1 Å². The summed E-state index contributed by atoms with van der Waals surface area (Å²) in [4.78, 5) is 24.3. The Bertz CT molecular complexity index is 805. The number of rotatable bonds is 9. The van der Waals surface area contributed by atoms with E-state index in [2.05, 4.69) is 12.2 Å². The maximum atomic E-state index is 12.4. The highest BCUT2D eigenvalue weighted by Crippen LogP contribution is 2.21. The quantitative estimate of drug-likeness (QED) is 0.449. The molecular formula is C22H26ClNO4. The number of anilines is 1. The number of hydrogen-bond acceptors (Lipinski definition) is 4. The van der Waals surface area contributed by atoms with Crippen molar-refractivity contribution in [3.63, 3.8) is 0 Å². The molecule has 0 heterocycles. The number of benzene rings is 2. The molecule has 1 amide bonds. The van der Waals surface area contributed by atoms with Gasteiger partial charge in [0.1, 0.15) is 5.75 Å². The summed E-state index contributed by atoms with van der Waals surface area (Å²) >= 11 is 5.93. The zero-order chi connectivity index (χ0) is 20.5. The monoisotopic (exact) mass is 403 g/mol. The first-order chi connectivity index (χ1) is 13.4. The van der Waals surface area contributed by atoms with Gasteiger partial charge in [-0.15, -0.1) is 0 Å². The number of carbonyl (C=O) groups is 2. The van der Waals surface area contributed by atoms with Gasteiger partial charge in [-0.1, -0.05) is 31.4 Å². The van der Waals surface area contributed by atoms with Gasteiger partial charge in [-0.25, -0.2) is 4.79 Å². The highest BCUT2D eigenvalue weighted by molar-refractivity contribution is 6.30. The van der Waals surface area contributed by atoms with E-state index in [1.807, 2.05) is 6.92 Å². The zero-order valence-corrected chi connectivity index (χ0v) is 17.2. The number of halogens is 1. The Morgan fingerprint density at radius 2 is 1.82 bits per heavy atom. The van der Waals surface area contributed by atoms with Crippen LogP contribution in [0.5, 0.6) is 5.75 Å². The van der Waals surface area contributed by atoms with Crippen LogP contribution in [-0.2, 0) is 9.53 Å². The summed E-state index contributed by atoms with van der Waals surface area (Å²) in [5, 5.41) is 3.47. The molecule has 150 valence electrons. The minimum atomic E-state index is -0.710. The summed E-state index contributed by atoms with van der Waals surface area (Å²) in [6, 6.07) is 11.9. The van der Waals surface area contributed by atoms with Crippen molar-refractivity contribution in [2.24, 2.45) is 0 Å². The molecule has 0 radical (unpaired) electrons. The van der Waals surface area contributed by atoms with Gasteiger partial charge in [0.05, 0.1) is 6.61 Å². The number of hydrogen-bond donors (Lipinski definition) is 1. The normalized spacial score (nSPS) is 11.6. The van der Waals surface area contributed by atoms with Gasteiger partial charge in [-0.2, -0.15) is 0 Å². The van der Waals surface area contributed by atoms with Crippen LogP contribution in [0.1, 0.15) is 49.0 Å². The Balaban J connectivity index is 1.89. The molecule has 0 aromatic heterocycles. The van der Waals surface area contributed by atoms with Crippen molar-refractivity contribution in [1.82, 2.24) is 0 Å². The van der Waals surface area contributed by atoms with Gasteiger partial charge >= 0.3 is 5.97 Å². The Labute approximate surface area is 171 Å².